The van der Waals surface area contributed by atoms with E-state index >= 15 is 0 Å². The fraction of sp³-hybridized carbons (Fsp3) is 0.429. The molecule has 0 aliphatic heterocycles. The summed E-state index contributed by atoms with van der Waals surface area (Å²) in [5.41, 5.74) is 10.7. The Hall–Kier alpha value is -1.86. The first-order chi connectivity index (χ1) is 14.1. The van der Waals surface area contributed by atoms with Gasteiger partial charge in [-0.3, -0.25) is 0 Å². The van der Waals surface area contributed by atoms with Crippen LogP contribution in [0, 0.1) is 0 Å². The minimum Gasteiger partial charge on any atom is -0.0759 e. The topological polar surface area (TPSA) is 0 Å². The van der Waals surface area contributed by atoms with E-state index in [2.05, 4.69) is 87.6 Å². The highest BCUT2D eigenvalue weighted by molar-refractivity contribution is 6.81. The Bertz CT molecular complexity index is 855. The van der Waals surface area contributed by atoms with Crippen molar-refractivity contribution in [3.8, 4) is 0 Å². The molecule has 2 aliphatic carbocycles. The summed E-state index contributed by atoms with van der Waals surface area (Å²) in [5.74, 6) is 0. The third kappa shape index (κ3) is 3.70. The third-order valence-corrected chi connectivity index (χ3v) is 11.4. The van der Waals surface area contributed by atoms with Gasteiger partial charge in [0, 0.05) is 0 Å². The highest BCUT2D eigenvalue weighted by Gasteiger charge is 2.44. The van der Waals surface area contributed by atoms with Gasteiger partial charge >= 0.3 is 0 Å². The Kier molecular flexibility index (Phi) is 5.97. The van der Waals surface area contributed by atoms with E-state index in [0.29, 0.717) is 11.1 Å². The van der Waals surface area contributed by atoms with Gasteiger partial charge in [-0.1, -0.05) is 100 Å². The van der Waals surface area contributed by atoms with Gasteiger partial charge in [-0.05, 0) is 70.2 Å². The van der Waals surface area contributed by atoms with Crippen LogP contribution in [-0.2, 0) is 0 Å². The van der Waals surface area contributed by atoms with Gasteiger partial charge in [0.15, 0.2) is 0 Å². The molecule has 4 rings (SSSR count). The van der Waals surface area contributed by atoms with Crippen LogP contribution in [0.15, 0.2) is 60.7 Å². The number of fused-ring (bicyclic) bond motifs is 2. The second kappa shape index (κ2) is 8.48. The molecule has 0 fully saturated rings. The Labute approximate surface area is 178 Å². The van der Waals surface area contributed by atoms with Crippen LogP contribution in [0.1, 0.15) is 85.7 Å². The van der Waals surface area contributed by atoms with E-state index in [-0.39, 0.29) is 0 Å². The number of hydrogen-bond donors (Lipinski definition) is 0. The molecule has 0 amide bonds. The van der Waals surface area contributed by atoms with E-state index in [1.807, 2.05) is 0 Å². The maximum absolute atomic E-state index is 2.67. The lowest BCUT2D eigenvalue weighted by Gasteiger charge is -2.35. The van der Waals surface area contributed by atoms with Crippen LogP contribution in [0.25, 0.3) is 11.1 Å². The summed E-state index contributed by atoms with van der Waals surface area (Å²) in [4.78, 5) is 0. The lowest BCUT2D eigenvalue weighted by Crippen LogP contribution is -2.39. The summed E-state index contributed by atoms with van der Waals surface area (Å²) in [7, 11) is -1.65. The molecular formula is C28H36Si. The molecule has 152 valence electrons. The molecule has 0 saturated carbocycles. The van der Waals surface area contributed by atoms with Gasteiger partial charge in [0.25, 0.3) is 0 Å². The van der Waals surface area contributed by atoms with Gasteiger partial charge in [0.05, 0.1) is 8.07 Å². The van der Waals surface area contributed by atoms with Crippen LogP contribution in [0.5, 0.6) is 0 Å². The molecule has 0 aromatic heterocycles. The minimum absolute atomic E-state index is 0.616. The minimum atomic E-state index is -1.65. The number of allylic oxidation sites excluding steroid dienone is 4. The third-order valence-electron chi connectivity index (χ3n) is 7.22. The van der Waals surface area contributed by atoms with E-state index in [0.717, 1.165) is 0 Å². The van der Waals surface area contributed by atoms with Crippen molar-refractivity contribution in [3.05, 3.63) is 82.9 Å². The van der Waals surface area contributed by atoms with Crippen molar-refractivity contribution >= 4 is 19.2 Å². The van der Waals surface area contributed by atoms with E-state index in [1.54, 1.807) is 22.3 Å². The van der Waals surface area contributed by atoms with Crippen LogP contribution >= 0.6 is 0 Å². The van der Waals surface area contributed by atoms with Crippen LogP contribution < -0.4 is 0 Å². The molecule has 2 aromatic rings. The molecular weight excluding hydrogens is 364 g/mol. The summed E-state index contributed by atoms with van der Waals surface area (Å²) < 4.78 is 0. The van der Waals surface area contributed by atoms with Crippen molar-refractivity contribution in [1.82, 2.24) is 0 Å². The fourth-order valence-corrected chi connectivity index (χ4v) is 9.23. The maximum atomic E-state index is 2.67. The summed E-state index contributed by atoms with van der Waals surface area (Å²) in [6.07, 6.45) is 12.9. The largest absolute Gasteiger partial charge is 0.0759 e. The van der Waals surface area contributed by atoms with E-state index in [1.165, 1.54) is 49.7 Å². The highest BCUT2D eigenvalue weighted by Crippen LogP contribution is 2.51. The van der Waals surface area contributed by atoms with Crippen molar-refractivity contribution in [1.29, 1.82) is 0 Å². The first kappa shape index (κ1) is 20.4. The standard InChI is InChI=1S/C28H36Si/c1-5-7-13-21-19-27(25-17-11-9-15-23(21)25)29(3,4)28-20-22(14-8-6-2)24-16-10-12-18-26(24)28/h9-12,15-20,27-28H,5-8,13-14H2,1-4H3. The molecule has 0 heterocycles. The summed E-state index contributed by atoms with van der Waals surface area (Å²) in [6.45, 7) is 9.87. The zero-order valence-electron chi connectivity index (χ0n) is 18.7. The van der Waals surface area contributed by atoms with E-state index < -0.39 is 8.07 Å². The second-order valence-electron chi connectivity index (χ2n) is 9.54. The van der Waals surface area contributed by atoms with Gasteiger partial charge in [-0.2, -0.15) is 0 Å². The second-order valence-corrected chi connectivity index (χ2v) is 14.4. The van der Waals surface area contributed by atoms with Crippen molar-refractivity contribution in [2.75, 3.05) is 0 Å². The van der Waals surface area contributed by atoms with Gasteiger partial charge in [-0.25, -0.2) is 0 Å². The van der Waals surface area contributed by atoms with Crippen LogP contribution in [0.2, 0.25) is 13.1 Å². The smallest absolute Gasteiger partial charge is 0.0715 e. The molecule has 0 nitrogen and oxygen atoms in total. The van der Waals surface area contributed by atoms with Gasteiger partial charge in [0.2, 0.25) is 0 Å². The molecule has 2 unspecified atom stereocenters. The molecule has 0 saturated heterocycles. The zero-order chi connectivity index (χ0) is 20.4. The molecule has 0 radical (unpaired) electrons. The monoisotopic (exact) mass is 400 g/mol. The summed E-state index contributed by atoms with van der Waals surface area (Å²) in [5, 5.41) is 0. The Morgan fingerprint density at radius 1 is 0.655 bits per heavy atom. The summed E-state index contributed by atoms with van der Waals surface area (Å²) >= 11 is 0. The Balaban J connectivity index is 1.73. The number of rotatable bonds is 8. The number of hydrogen-bond acceptors (Lipinski definition) is 0. The molecule has 1 heteroatoms. The van der Waals surface area contributed by atoms with Crippen molar-refractivity contribution < 1.29 is 0 Å². The molecule has 2 aliphatic rings. The van der Waals surface area contributed by atoms with Crippen LogP contribution in [0.3, 0.4) is 0 Å². The quantitative estimate of drug-likeness (QED) is 0.389. The molecule has 29 heavy (non-hydrogen) atoms. The van der Waals surface area contributed by atoms with Crippen molar-refractivity contribution in [2.45, 2.75) is 76.5 Å². The lowest BCUT2D eigenvalue weighted by atomic mass is 10.0. The van der Waals surface area contributed by atoms with Crippen molar-refractivity contribution in [2.24, 2.45) is 0 Å². The SMILES string of the molecule is CCCCC1=CC([Si](C)(C)C2C=C(CCCC)c3ccccc32)c2ccccc21. The first-order valence-electron chi connectivity index (χ1n) is 11.7. The molecule has 2 aromatic carbocycles. The van der Waals surface area contributed by atoms with Crippen molar-refractivity contribution in [3.63, 3.8) is 0 Å². The maximum Gasteiger partial charge on any atom is 0.0715 e. The molecule has 0 bridgehead atoms. The number of benzene rings is 2. The van der Waals surface area contributed by atoms with Crippen LogP contribution in [-0.4, -0.2) is 8.07 Å². The average molecular weight is 401 g/mol. The fourth-order valence-electron chi connectivity index (χ4n) is 5.48. The summed E-state index contributed by atoms with van der Waals surface area (Å²) in [6, 6.07) is 18.5. The predicted molar refractivity (Wildman–Crippen MR) is 131 cm³/mol. The van der Waals surface area contributed by atoms with Gasteiger partial charge in [0.1, 0.15) is 0 Å². The van der Waals surface area contributed by atoms with Gasteiger partial charge < -0.3 is 0 Å². The normalized spacial score (nSPS) is 20.3. The zero-order valence-corrected chi connectivity index (χ0v) is 19.7. The van der Waals surface area contributed by atoms with E-state index in [9.17, 15) is 0 Å². The molecule has 2 atom stereocenters. The highest BCUT2D eigenvalue weighted by atomic mass is 28.3. The first-order valence-corrected chi connectivity index (χ1v) is 14.8. The molecule has 0 spiro atoms. The lowest BCUT2D eigenvalue weighted by molar-refractivity contribution is 0.824. The average Bonchev–Trinajstić information content (AvgIpc) is 3.30. The van der Waals surface area contributed by atoms with E-state index in [4.69, 9.17) is 0 Å². The molecule has 0 N–H and O–H groups in total. The Morgan fingerprint density at radius 3 is 1.48 bits per heavy atom. The predicted octanol–water partition coefficient (Wildman–Crippen LogP) is 8.52. The van der Waals surface area contributed by atoms with Gasteiger partial charge in [-0.15, -0.1) is 0 Å². The Morgan fingerprint density at radius 2 is 1.07 bits per heavy atom. The number of unbranched alkanes of at least 4 members (excludes halogenated alkanes) is 2. The van der Waals surface area contributed by atoms with Crippen LogP contribution in [0.4, 0.5) is 0 Å².